The van der Waals surface area contributed by atoms with Crippen LogP contribution in [0, 0.1) is 11.8 Å². The van der Waals surface area contributed by atoms with Crippen LogP contribution in [-0.4, -0.2) is 29.4 Å². The van der Waals surface area contributed by atoms with E-state index in [4.69, 9.17) is 4.74 Å². The molecule has 2 atom stereocenters. The van der Waals surface area contributed by atoms with Gasteiger partial charge in [-0.3, -0.25) is 0 Å². The zero-order valence-corrected chi connectivity index (χ0v) is 13.9. The number of nitrogens with one attached hydrogen (secondary N) is 1. The molecular formula is C16H25N3OS. The molecule has 0 aromatic carbocycles. The van der Waals surface area contributed by atoms with Gasteiger partial charge in [0.1, 0.15) is 5.82 Å². The molecule has 4 nitrogen and oxygen atoms in total. The molecular weight excluding hydrogens is 282 g/mol. The number of allylic oxidation sites excluding steroid dienone is 2. The number of thioether (sulfide) groups is 1. The highest BCUT2D eigenvalue weighted by Gasteiger charge is 2.19. The lowest BCUT2D eigenvalue weighted by atomic mass is 9.85. The molecule has 0 aliphatic heterocycles. The predicted molar refractivity (Wildman–Crippen MR) is 89.1 cm³/mol. The maximum absolute atomic E-state index is 5.94. The number of rotatable bonds is 7. The van der Waals surface area contributed by atoms with E-state index in [9.17, 15) is 0 Å². The van der Waals surface area contributed by atoms with Crippen LogP contribution in [0.25, 0.3) is 0 Å². The van der Waals surface area contributed by atoms with Crippen molar-refractivity contribution in [1.82, 2.24) is 9.97 Å². The summed E-state index contributed by atoms with van der Waals surface area (Å²) < 4.78 is 5.94. The lowest BCUT2D eigenvalue weighted by Crippen LogP contribution is -2.21. The molecule has 1 aliphatic rings. The highest BCUT2D eigenvalue weighted by atomic mass is 32.2. The third-order valence-corrected chi connectivity index (χ3v) is 4.33. The molecule has 0 fully saturated rings. The normalized spacial score (nSPS) is 21.3. The quantitative estimate of drug-likeness (QED) is 0.468. The van der Waals surface area contributed by atoms with Gasteiger partial charge in [-0.25, -0.2) is 4.98 Å². The van der Waals surface area contributed by atoms with Crippen LogP contribution in [-0.2, 0) is 0 Å². The number of hydrogen-bond acceptors (Lipinski definition) is 5. The summed E-state index contributed by atoms with van der Waals surface area (Å²) in [6.07, 6.45) is 9.83. The molecule has 1 aromatic rings. The Morgan fingerprint density at radius 1 is 1.33 bits per heavy atom. The number of nitrogens with zero attached hydrogens (tertiary/aromatic N) is 2. The number of anilines is 1. The van der Waals surface area contributed by atoms with Crippen LogP contribution in [0.4, 0.5) is 5.82 Å². The van der Waals surface area contributed by atoms with Crippen molar-refractivity contribution < 1.29 is 4.74 Å². The molecule has 116 valence electrons. The third kappa shape index (κ3) is 4.92. The van der Waals surface area contributed by atoms with Crippen LogP contribution in [0.2, 0.25) is 0 Å². The third-order valence-electron chi connectivity index (χ3n) is 3.78. The van der Waals surface area contributed by atoms with Crippen LogP contribution < -0.4 is 10.1 Å². The minimum Gasteiger partial charge on any atom is -0.477 e. The number of ether oxygens (including phenoxy) is 1. The van der Waals surface area contributed by atoms with Crippen molar-refractivity contribution in [3.8, 4) is 5.88 Å². The average molecular weight is 307 g/mol. The van der Waals surface area contributed by atoms with Crippen LogP contribution in [0.3, 0.4) is 0 Å². The second-order valence-electron chi connectivity index (χ2n) is 5.50. The Balaban J connectivity index is 1.99. The first-order valence-electron chi connectivity index (χ1n) is 7.67. The SMILES string of the molecule is CCCNc1cc(OCC2CC=CCC2C)nc(SC)n1. The molecule has 21 heavy (non-hydrogen) atoms. The molecule has 1 aliphatic carbocycles. The van der Waals surface area contributed by atoms with Crippen LogP contribution in [0.15, 0.2) is 23.4 Å². The van der Waals surface area contributed by atoms with Gasteiger partial charge in [0.15, 0.2) is 5.16 Å². The molecule has 1 aromatic heterocycles. The Bertz CT molecular complexity index is 479. The fraction of sp³-hybridized carbons (Fsp3) is 0.625. The van der Waals surface area contributed by atoms with Crippen molar-refractivity contribution >= 4 is 17.6 Å². The van der Waals surface area contributed by atoms with E-state index >= 15 is 0 Å². The summed E-state index contributed by atoms with van der Waals surface area (Å²) >= 11 is 1.54. The lowest BCUT2D eigenvalue weighted by molar-refractivity contribution is 0.191. The topological polar surface area (TPSA) is 47.0 Å². The Labute approximate surface area is 131 Å². The molecule has 0 saturated carbocycles. The van der Waals surface area contributed by atoms with Crippen molar-refractivity contribution in [2.24, 2.45) is 11.8 Å². The van der Waals surface area contributed by atoms with E-state index in [-0.39, 0.29) is 0 Å². The van der Waals surface area contributed by atoms with Crippen molar-refractivity contribution in [3.05, 3.63) is 18.2 Å². The van der Waals surface area contributed by atoms with Gasteiger partial charge in [0, 0.05) is 12.6 Å². The maximum Gasteiger partial charge on any atom is 0.219 e. The molecule has 1 heterocycles. The zero-order chi connectivity index (χ0) is 15.1. The highest BCUT2D eigenvalue weighted by Crippen LogP contribution is 2.26. The van der Waals surface area contributed by atoms with Crippen LogP contribution in [0.1, 0.15) is 33.1 Å². The molecule has 0 amide bonds. The first kappa shape index (κ1) is 16.1. The number of aromatic nitrogens is 2. The van der Waals surface area contributed by atoms with Crippen molar-refractivity contribution in [2.75, 3.05) is 24.7 Å². The predicted octanol–water partition coefficient (Wildman–Crippen LogP) is 4.00. The van der Waals surface area contributed by atoms with E-state index in [0.717, 1.165) is 43.4 Å². The lowest BCUT2D eigenvalue weighted by Gasteiger charge is -2.25. The summed E-state index contributed by atoms with van der Waals surface area (Å²) in [6, 6.07) is 1.90. The van der Waals surface area contributed by atoms with Crippen molar-refractivity contribution in [2.45, 2.75) is 38.3 Å². The summed E-state index contributed by atoms with van der Waals surface area (Å²) in [5.74, 6) is 2.78. The summed E-state index contributed by atoms with van der Waals surface area (Å²) in [7, 11) is 0. The van der Waals surface area contributed by atoms with Gasteiger partial charge in [0.2, 0.25) is 5.88 Å². The van der Waals surface area contributed by atoms with Gasteiger partial charge in [0.25, 0.3) is 0 Å². The van der Waals surface area contributed by atoms with Crippen molar-refractivity contribution in [3.63, 3.8) is 0 Å². The first-order chi connectivity index (χ1) is 10.2. The Morgan fingerprint density at radius 2 is 2.14 bits per heavy atom. The second kappa shape index (κ2) is 8.27. The molecule has 0 saturated heterocycles. The summed E-state index contributed by atoms with van der Waals surface area (Å²) in [5.41, 5.74) is 0. The molecule has 0 spiro atoms. The van der Waals surface area contributed by atoms with Gasteiger partial charge in [-0.2, -0.15) is 4.98 Å². The summed E-state index contributed by atoms with van der Waals surface area (Å²) in [5, 5.41) is 4.05. The maximum atomic E-state index is 5.94. The van der Waals surface area contributed by atoms with Gasteiger partial charge in [0.05, 0.1) is 6.61 Å². The fourth-order valence-electron chi connectivity index (χ4n) is 2.34. The largest absolute Gasteiger partial charge is 0.477 e. The first-order valence-corrected chi connectivity index (χ1v) is 8.90. The minimum atomic E-state index is 0.578. The average Bonchev–Trinajstić information content (AvgIpc) is 2.52. The second-order valence-corrected chi connectivity index (χ2v) is 6.27. The van der Waals surface area contributed by atoms with E-state index in [1.165, 1.54) is 11.8 Å². The standard InChI is InChI=1S/C16H25N3OS/c1-4-9-17-14-10-15(19-16(18-14)21-3)20-11-13-8-6-5-7-12(13)2/h5-6,10,12-13H,4,7-9,11H2,1-3H3,(H,17,18,19). The van der Waals surface area contributed by atoms with E-state index in [0.29, 0.717) is 17.7 Å². The molecule has 0 bridgehead atoms. The monoisotopic (exact) mass is 307 g/mol. The van der Waals surface area contributed by atoms with E-state index in [1.807, 2.05) is 12.3 Å². The molecule has 5 heteroatoms. The van der Waals surface area contributed by atoms with E-state index in [2.05, 4.69) is 41.3 Å². The van der Waals surface area contributed by atoms with E-state index in [1.54, 1.807) is 0 Å². The van der Waals surface area contributed by atoms with Gasteiger partial charge in [-0.15, -0.1) is 0 Å². The Kier molecular flexibility index (Phi) is 6.36. The number of hydrogen-bond donors (Lipinski definition) is 1. The minimum absolute atomic E-state index is 0.578. The van der Waals surface area contributed by atoms with Crippen LogP contribution in [0.5, 0.6) is 5.88 Å². The summed E-state index contributed by atoms with van der Waals surface area (Å²) in [6.45, 7) is 6.07. The van der Waals surface area contributed by atoms with E-state index < -0.39 is 0 Å². The Morgan fingerprint density at radius 3 is 2.86 bits per heavy atom. The fourth-order valence-corrected chi connectivity index (χ4v) is 2.71. The van der Waals surface area contributed by atoms with Gasteiger partial charge < -0.3 is 10.1 Å². The molecule has 2 unspecified atom stereocenters. The molecule has 0 radical (unpaired) electrons. The summed E-state index contributed by atoms with van der Waals surface area (Å²) in [4.78, 5) is 8.89. The molecule has 2 rings (SSSR count). The molecule has 1 N–H and O–H groups in total. The highest BCUT2D eigenvalue weighted by molar-refractivity contribution is 7.98. The van der Waals surface area contributed by atoms with Crippen LogP contribution >= 0.6 is 11.8 Å². The Hall–Kier alpha value is -1.23. The van der Waals surface area contributed by atoms with Gasteiger partial charge in [-0.05, 0) is 37.4 Å². The van der Waals surface area contributed by atoms with Gasteiger partial charge in [-0.1, -0.05) is 37.8 Å². The smallest absolute Gasteiger partial charge is 0.219 e. The van der Waals surface area contributed by atoms with Gasteiger partial charge >= 0.3 is 0 Å². The zero-order valence-electron chi connectivity index (χ0n) is 13.1. The van der Waals surface area contributed by atoms with Crippen molar-refractivity contribution in [1.29, 1.82) is 0 Å².